The average molecular weight is 344 g/mol. The Kier molecular flexibility index (Phi) is 3.83. The van der Waals surface area contributed by atoms with Crippen molar-refractivity contribution in [1.82, 2.24) is 14.7 Å². The Hall–Kier alpha value is -1.65. The molecule has 0 unspecified atom stereocenters. The first-order chi connectivity index (χ1) is 10.1. The number of nitrogens with one attached hydrogen (secondary N) is 1. The number of pyridine rings is 1. The van der Waals surface area contributed by atoms with Crippen molar-refractivity contribution in [1.29, 1.82) is 0 Å². The molecular weight excluding hydrogens is 326 g/mol. The average Bonchev–Trinajstić information content (AvgIpc) is 2.76. The normalized spacial score (nSPS) is 11.2. The Morgan fingerprint density at radius 1 is 1.19 bits per heavy atom. The van der Waals surface area contributed by atoms with Crippen LogP contribution in [-0.4, -0.2) is 16.4 Å². The molecule has 0 radical (unpaired) electrons. The number of hydrogen-bond donors (Lipinski definition) is 1. The van der Waals surface area contributed by atoms with Crippen molar-refractivity contribution in [3.63, 3.8) is 0 Å². The summed E-state index contributed by atoms with van der Waals surface area (Å²) in [4.78, 5) is 4.78. The van der Waals surface area contributed by atoms with Crippen LogP contribution in [0.25, 0.3) is 16.9 Å². The zero-order valence-electron chi connectivity index (χ0n) is 12.4. The van der Waals surface area contributed by atoms with Gasteiger partial charge < -0.3 is 5.32 Å². The number of nitrogens with zero attached hydrogens (tertiary/aromatic N) is 2. The van der Waals surface area contributed by atoms with Gasteiger partial charge in [-0.2, -0.15) is 0 Å². The van der Waals surface area contributed by atoms with E-state index in [0.717, 1.165) is 22.5 Å². The van der Waals surface area contributed by atoms with Crippen molar-refractivity contribution < 1.29 is 0 Å². The highest BCUT2D eigenvalue weighted by molar-refractivity contribution is 9.10. The van der Waals surface area contributed by atoms with Gasteiger partial charge in [-0.1, -0.05) is 18.2 Å². The minimum Gasteiger partial charge on any atom is -0.316 e. The van der Waals surface area contributed by atoms with Gasteiger partial charge in [0.15, 0.2) is 0 Å². The van der Waals surface area contributed by atoms with Crippen LogP contribution in [0.15, 0.2) is 41.1 Å². The number of imidazole rings is 1. The van der Waals surface area contributed by atoms with E-state index in [1.807, 2.05) is 7.05 Å². The zero-order valence-corrected chi connectivity index (χ0v) is 14.0. The van der Waals surface area contributed by atoms with Crippen LogP contribution < -0.4 is 5.32 Å². The first-order valence-corrected chi connectivity index (χ1v) is 7.78. The van der Waals surface area contributed by atoms with Crippen molar-refractivity contribution in [3.05, 3.63) is 57.8 Å². The van der Waals surface area contributed by atoms with Crippen LogP contribution in [0, 0.1) is 13.8 Å². The van der Waals surface area contributed by atoms with E-state index in [9.17, 15) is 0 Å². The lowest BCUT2D eigenvalue weighted by atomic mass is 10.0. The van der Waals surface area contributed by atoms with Crippen LogP contribution in [-0.2, 0) is 6.54 Å². The van der Waals surface area contributed by atoms with Crippen LogP contribution in [0.1, 0.15) is 16.7 Å². The molecule has 3 aromatic rings. The lowest BCUT2D eigenvalue weighted by Crippen LogP contribution is -2.05. The molecule has 0 amide bonds. The molecular formula is C17H18BrN3. The molecule has 0 spiro atoms. The molecule has 0 aliphatic heterocycles. The van der Waals surface area contributed by atoms with E-state index >= 15 is 0 Å². The maximum absolute atomic E-state index is 4.78. The summed E-state index contributed by atoms with van der Waals surface area (Å²) >= 11 is 3.68. The molecule has 0 aliphatic rings. The van der Waals surface area contributed by atoms with Crippen molar-refractivity contribution >= 4 is 21.6 Å². The number of hydrogen-bond acceptors (Lipinski definition) is 2. The minimum atomic E-state index is 0.882. The van der Waals surface area contributed by atoms with E-state index in [2.05, 4.69) is 76.0 Å². The second kappa shape index (κ2) is 5.62. The van der Waals surface area contributed by atoms with Crippen LogP contribution in [0.3, 0.4) is 0 Å². The summed E-state index contributed by atoms with van der Waals surface area (Å²) in [5, 5.41) is 3.18. The highest BCUT2D eigenvalue weighted by atomic mass is 79.9. The van der Waals surface area contributed by atoms with Crippen molar-refractivity contribution in [3.8, 4) is 11.3 Å². The smallest absolute Gasteiger partial charge is 0.138 e. The van der Waals surface area contributed by atoms with E-state index in [-0.39, 0.29) is 0 Å². The van der Waals surface area contributed by atoms with Gasteiger partial charge in [0.05, 0.1) is 0 Å². The summed E-state index contributed by atoms with van der Waals surface area (Å²) in [5.74, 6) is 0. The Bertz CT molecular complexity index is 805. The highest BCUT2D eigenvalue weighted by Crippen LogP contribution is 2.31. The lowest BCUT2D eigenvalue weighted by Gasteiger charge is -2.07. The molecule has 3 rings (SSSR count). The van der Waals surface area contributed by atoms with Crippen molar-refractivity contribution in [2.45, 2.75) is 20.4 Å². The van der Waals surface area contributed by atoms with E-state index in [4.69, 9.17) is 4.98 Å². The molecule has 1 aromatic carbocycles. The largest absolute Gasteiger partial charge is 0.316 e. The summed E-state index contributed by atoms with van der Waals surface area (Å²) in [7, 11) is 1.96. The summed E-state index contributed by atoms with van der Waals surface area (Å²) < 4.78 is 3.07. The third-order valence-corrected chi connectivity index (χ3v) is 4.41. The van der Waals surface area contributed by atoms with E-state index in [1.165, 1.54) is 22.3 Å². The summed E-state index contributed by atoms with van der Waals surface area (Å²) in [6.07, 6.45) is 2.05. The Morgan fingerprint density at radius 3 is 2.71 bits per heavy atom. The van der Waals surface area contributed by atoms with Gasteiger partial charge >= 0.3 is 0 Å². The monoisotopic (exact) mass is 343 g/mol. The topological polar surface area (TPSA) is 29.3 Å². The van der Waals surface area contributed by atoms with Gasteiger partial charge in [0, 0.05) is 18.3 Å². The number of benzene rings is 1. The van der Waals surface area contributed by atoms with Gasteiger partial charge in [0.1, 0.15) is 15.9 Å². The second-order valence-electron chi connectivity index (χ2n) is 5.36. The maximum Gasteiger partial charge on any atom is 0.138 e. The number of aryl methyl sites for hydroxylation is 2. The minimum absolute atomic E-state index is 0.882. The van der Waals surface area contributed by atoms with Crippen LogP contribution in [0.5, 0.6) is 0 Å². The number of halogens is 1. The molecule has 0 saturated heterocycles. The highest BCUT2D eigenvalue weighted by Gasteiger charge is 2.13. The molecule has 0 atom stereocenters. The fourth-order valence-corrected chi connectivity index (χ4v) is 3.20. The molecule has 2 heterocycles. The first-order valence-electron chi connectivity index (χ1n) is 6.99. The second-order valence-corrected chi connectivity index (χ2v) is 6.11. The van der Waals surface area contributed by atoms with Gasteiger partial charge in [-0.05, 0) is 65.6 Å². The third kappa shape index (κ3) is 2.61. The predicted octanol–water partition coefficient (Wildman–Crippen LogP) is 4.10. The van der Waals surface area contributed by atoms with Crippen molar-refractivity contribution in [2.24, 2.45) is 0 Å². The summed E-state index contributed by atoms with van der Waals surface area (Å²) in [5.41, 5.74) is 6.87. The Labute approximate surface area is 133 Å². The van der Waals surface area contributed by atoms with E-state index < -0.39 is 0 Å². The van der Waals surface area contributed by atoms with Crippen LogP contribution >= 0.6 is 15.9 Å². The molecule has 4 heteroatoms. The number of rotatable bonds is 3. The molecule has 0 fully saturated rings. The van der Waals surface area contributed by atoms with Crippen molar-refractivity contribution in [2.75, 3.05) is 7.05 Å². The lowest BCUT2D eigenvalue weighted by molar-refractivity contribution is 0.817. The third-order valence-electron chi connectivity index (χ3n) is 3.65. The molecule has 0 saturated carbocycles. The van der Waals surface area contributed by atoms with E-state index in [1.54, 1.807) is 0 Å². The summed E-state index contributed by atoms with van der Waals surface area (Å²) in [6.45, 7) is 5.10. The Morgan fingerprint density at radius 2 is 2.00 bits per heavy atom. The van der Waals surface area contributed by atoms with Crippen LogP contribution in [0.2, 0.25) is 0 Å². The fourth-order valence-electron chi connectivity index (χ4n) is 2.59. The first kappa shape index (κ1) is 14.3. The predicted molar refractivity (Wildman–Crippen MR) is 90.6 cm³/mol. The Balaban J connectivity index is 2.14. The van der Waals surface area contributed by atoms with Gasteiger partial charge in [-0.15, -0.1) is 0 Å². The molecule has 21 heavy (non-hydrogen) atoms. The standard InChI is InChI=1S/C17H18BrN3/c1-11-6-7-21-15(8-11)20-16(17(21)18)14-5-4-13(10-19-3)9-12(14)2/h4-9,19H,10H2,1-3H3. The molecule has 3 nitrogen and oxygen atoms in total. The van der Waals surface area contributed by atoms with Gasteiger partial charge in [0.25, 0.3) is 0 Å². The quantitative estimate of drug-likeness (QED) is 0.775. The van der Waals surface area contributed by atoms with Gasteiger partial charge in [-0.3, -0.25) is 4.40 Å². The SMILES string of the molecule is CNCc1ccc(-c2nc3cc(C)ccn3c2Br)c(C)c1. The molecule has 1 N–H and O–H groups in total. The van der Waals surface area contributed by atoms with Gasteiger partial charge in [0.2, 0.25) is 0 Å². The fraction of sp³-hybridized carbons (Fsp3) is 0.235. The van der Waals surface area contributed by atoms with Crippen LogP contribution in [0.4, 0.5) is 0 Å². The molecule has 2 aromatic heterocycles. The molecule has 108 valence electrons. The molecule has 0 bridgehead atoms. The number of fused-ring (bicyclic) bond motifs is 1. The maximum atomic E-state index is 4.78. The van der Waals surface area contributed by atoms with E-state index in [0.29, 0.717) is 0 Å². The molecule has 0 aliphatic carbocycles. The van der Waals surface area contributed by atoms with Gasteiger partial charge in [-0.25, -0.2) is 4.98 Å². The summed E-state index contributed by atoms with van der Waals surface area (Å²) in [6, 6.07) is 10.7. The zero-order chi connectivity index (χ0) is 15.0. The number of aromatic nitrogens is 2.